The SMILES string of the molecule is Cc1nc2ccc(C#CCN)cc2c(=O)[nH]1. The van der Waals surface area contributed by atoms with E-state index in [0.717, 1.165) is 5.56 Å². The number of H-pyrrole nitrogens is 1. The standard InChI is InChI=1S/C12H11N3O/c1-8-14-11-5-4-9(3-2-6-13)7-10(11)12(16)15-8/h4-5,7H,6,13H2,1H3,(H,14,15,16). The Morgan fingerprint density at radius 3 is 3.06 bits per heavy atom. The van der Waals surface area contributed by atoms with Crippen LogP contribution >= 0.6 is 0 Å². The quantitative estimate of drug-likeness (QED) is 0.627. The molecule has 0 aliphatic rings. The van der Waals surface area contributed by atoms with E-state index in [1.165, 1.54) is 0 Å². The predicted octanol–water partition coefficient (Wildman–Crippen LogP) is 0.542. The number of aryl methyl sites for hydroxylation is 1. The van der Waals surface area contributed by atoms with Crippen LogP contribution in [-0.2, 0) is 0 Å². The third kappa shape index (κ3) is 1.95. The highest BCUT2D eigenvalue weighted by atomic mass is 16.1. The van der Waals surface area contributed by atoms with E-state index in [2.05, 4.69) is 21.8 Å². The molecule has 0 saturated carbocycles. The summed E-state index contributed by atoms with van der Waals surface area (Å²) in [5.74, 6) is 6.24. The highest BCUT2D eigenvalue weighted by molar-refractivity contribution is 5.79. The van der Waals surface area contributed by atoms with E-state index in [9.17, 15) is 4.79 Å². The van der Waals surface area contributed by atoms with Crippen LogP contribution in [0.2, 0.25) is 0 Å². The Morgan fingerprint density at radius 2 is 2.31 bits per heavy atom. The van der Waals surface area contributed by atoms with Crippen LogP contribution < -0.4 is 11.3 Å². The van der Waals surface area contributed by atoms with Crippen molar-refractivity contribution >= 4 is 10.9 Å². The number of nitrogens with one attached hydrogen (secondary N) is 1. The van der Waals surface area contributed by atoms with Crippen LogP contribution in [0, 0.1) is 18.8 Å². The Kier molecular flexibility index (Phi) is 2.71. The predicted molar refractivity (Wildman–Crippen MR) is 63.0 cm³/mol. The molecule has 0 aliphatic carbocycles. The highest BCUT2D eigenvalue weighted by Crippen LogP contribution is 2.09. The molecule has 0 fully saturated rings. The molecule has 0 atom stereocenters. The molecule has 0 spiro atoms. The number of hydrogen-bond donors (Lipinski definition) is 2. The van der Waals surface area contributed by atoms with Crippen molar-refractivity contribution in [1.29, 1.82) is 0 Å². The maximum absolute atomic E-state index is 11.7. The summed E-state index contributed by atoms with van der Waals surface area (Å²) < 4.78 is 0. The molecule has 0 amide bonds. The van der Waals surface area contributed by atoms with Crippen LogP contribution in [0.15, 0.2) is 23.0 Å². The third-order valence-corrected chi connectivity index (χ3v) is 2.16. The molecule has 3 N–H and O–H groups in total. The van der Waals surface area contributed by atoms with E-state index < -0.39 is 0 Å². The Bertz CT molecular complexity index is 647. The summed E-state index contributed by atoms with van der Waals surface area (Å²) in [5, 5.41) is 0.550. The normalized spacial score (nSPS) is 9.88. The van der Waals surface area contributed by atoms with Gasteiger partial charge in [0.1, 0.15) is 5.82 Å². The topological polar surface area (TPSA) is 71.8 Å². The minimum absolute atomic E-state index is 0.140. The molecule has 4 heteroatoms. The fourth-order valence-corrected chi connectivity index (χ4v) is 1.49. The van der Waals surface area contributed by atoms with Gasteiger partial charge in [0, 0.05) is 5.56 Å². The average molecular weight is 213 g/mol. The number of benzene rings is 1. The van der Waals surface area contributed by atoms with E-state index >= 15 is 0 Å². The van der Waals surface area contributed by atoms with Gasteiger partial charge in [-0.3, -0.25) is 4.79 Å². The summed E-state index contributed by atoms with van der Waals surface area (Å²) >= 11 is 0. The Hall–Kier alpha value is -2.12. The van der Waals surface area contributed by atoms with Crippen molar-refractivity contribution in [2.75, 3.05) is 6.54 Å². The first-order valence-corrected chi connectivity index (χ1v) is 4.90. The van der Waals surface area contributed by atoms with E-state index in [1.807, 2.05) is 6.07 Å². The Balaban J connectivity index is 2.67. The lowest BCUT2D eigenvalue weighted by molar-refractivity contribution is 1.06. The van der Waals surface area contributed by atoms with E-state index in [-0.39, 0.29) is 5.56 Å². The van der Waals surface area contributed by atoms with Crippen LogP contribution in [0.1, 0.15) is 11.4 Å². The molecule has 1 aromatic heterocycles. The number of rotatable bonds is 0. The van der Waals surface area contributed by atoms with E-state index in [4.69, 9.17) is 5.73 Å². The zero-order valence-corrected chi connectivity index (χ0v) is 8.87. The van der Waals surface area contributed by atoms with Crippen molar-refractivity contribution in [1.82, 2.24) is 9.97 Å². The van der Waals surface area contributed by atoms with E-state index in [1.54, 1.807) is 19.1 Å². The van der Waals surface area contributed by atoms with Crippen molar-refractivity contribution in [3.05, 3.63) is 39.9 Å². The van der Waals surface area contributed by atoms with Crippen molar-refractivity contribution in [2.24, 2.45) is 5.73 Å². The lowest BCUT2D eigenvalue weighted by atomic mass is 10.1. The van der Waals surface area contributed by atoms with Gasteiger partial charge in [-0.15, -0.1) is 0 Å². The first-order chi connectivity index (χ1) is 7.70. The largest absolute Gasteiger partial charge is 0.320 e. The van der Waals surface area contributed by atoms with Gasteiger partial charge in [-0.25, -0.2) is 4.98 Å². The monoisotopic (exact) mass is 213 g/mol. The first kappa shape index (κ1) is 10.4. The molecule has 2 aromatic rings. The average Bonchev–Trinajstić information content (AvgIpc) is 2.26. The van der Waals surface area contributed by atoms with Gasteiger partial charge in [-0.05, 0) is 25.1 Å². The summed E-state index contributed by atoms with van der Waals surface area (Å²) in [5.41, 5.74) is 6.60. The molecule has 0 radical (unpaired) electrons. The summed E-state index contributed by atoms with van der Waals surface area (Å²) in [6.07, 6.45) is 0. The third-order valence-electron chi connectivity index (χ3n) is 2.16. The Labute approximate surface area is 92.5 Å². The fourth-order valence-electron chi connectivity index (χ4n) is 1.49. The summed E-state index contributed by atoms with van der Waals surface area (Å²) in [6, 6.07) is 5.35. The van der Waals surface area contributed by atoms with Gasteiger partial charge in [0.25, 0.3) is 5.56 Å². The van der Waals surface area contributed by atoms with Crippen LogP contribution in [-0.4, -0.2) is 16.5 Å². The second-order valence-corrected chi connectivity index (χ2v) is 3.39. The zero-order chi connectivity index (χ0) is 11.5. The van der Waals surface area contributed by atoms with Gasteiger partial charge in [0.2, 0.25) is 0 Å². The number of hydrogen-bond acceptors (Lipinski definition) is 3. The van der Waals surface area contributed by atoms with Gasteiger partial charge in [-0.2, -0.15) is 0 Å². The molecule has 0 aliphatic heterocycles. The van der Waals surface area contributed by atoms with Gasteiger partial charge >= 0.3 is 0 Å². The molecule has 2 rings (SSSR count). The summed E-state index contributed by atoms with van der Waals surface area (Å²) in [4.78, 5) is 18.5. The second-order valence-electron chi connectivity index (χ2n) is 3.39. The van der Waals surface area contributed by atoms with Gasteiger partial charge < -0.3 is 10.7 Å². The maximum Gasteiger partial charge on any atom is 0.258 e. The zero-order valence-electron chi connectivity index (χ0n) is 8.87. The maximum atomic E-state index is 11.7. The van der Waals surface area contributed by atoms with Crippen molar-refractivity contribution in [3.8, 4) is 11.8 Å². The molecule has 80 valence electrons. The van der Waals surface area contributed by atoms with Crippen LogP contribution in [0.5, 0.6) is 0 Å². The van der Waals surface area contributed by atoms with E-state index in [0.29, 0.717) is 23.3 Å². The molecule has 4 nitrogen and oxygen atoms in total. The molecule has 0 bridgehead atoms. The molecule has 0 saturated heterocycles. The number of nitrogens with zero attached hydrogens (tertiary/aromatic N) is 1. The molecule has 1 aromatic carbocycles. The number of aromatic amines is 1. The molecule has 16 heavy (non-hydrogen) atoms. The van der Waals surface area contributed by atoms with Crippen LogP contribution in [0.3, 0.4) is 0 Å². The highest BCUT2D eigenvalue weighted by Gasteiger charge is 2.01. The van der Waals surface area contributed by atoms with Gasteiger partial charge in [0.05, 0.1) is 17.4 Å². The lowest BCUT2D eigenvalue weighted by Crippen LogP contribution is -2.09. The fraction of sp³-hybridized carbons (Fsp3) is 0.167. The van der Waals surface area contributed by atoms with Crippen molar-refractivity contribution < 1.29 is 0 Å². The second kappa shape index (κ2) is 4.17. The number of aromatic nitrogens is 2. The minimum atomic E-state index is -0.140. The smallest absolute Gasteiger partial charge is 0.258 e. The number of nitrogens with two attached hydrogens (primary N) is 1. The number of fused-ring (bicyclic) bond motifs is 1. The lowest BCUT2D eigenvalue weighted by Gasteiger charge is -1.98. The van der Waals surface area contributed by atoms with Crippen molar-refractivity contribution in [2.45, 2.75) is 6.92 Å². The summed E-state index contributed by atoms with van der Waals surface area (Å²) in [7, 11) is 0. The molecular weight excluding hydrogens is 202 g/mol. The minimum Gasteiger partial charge on any atom is -0.320 e. The molecule has 0 unspecified atom stereocenters. The van der Waals surface area contributed by atoms with Crippen molar-refractivity contribution in [3.63, 3.8) is 0 Å². The summed E-state index contributed by atoms with van der Waals surface area (Å²) in [6.45, 7) is 2.06. The van der Waals surface area contributed by atoms with Crippen LogP contribution in [0.25, 0.3) is 10.9 Å². The first-order valence-electron chi connectivity index (χ1n) is 4.90. The van der Waals surface area contributed by atoms with Crippen LogP contribution in [0.4, 0.5) is 0 Å². The molecular formula is C12H11N3O. The van der Waals surface area contributed by atoms with Gasteiger partial charge in [0.15, 0.2) is 0 Å². The van der Waals surface area contributed by atoms with Gasteiger partial charge in [-0.1, -0.05) is 11.8 Å². The molecule has 1 heterocycles. The Morgan fingerprint density at radius 1 is 1.50 bits per heavy atom.